The summed E-state index contributed by atoms with van der Waals surface area (Å²) >= 11 is 0. The summed E-state index contributed by atoms with van der Waals surface area (Å²) < 4.78 is 19.7. The monoisotopic (exact) mass is 431 g/mol. The molecule has 0 unspecified atom stereocenters. The number of ether oxygens (including phenoxy) is 1. The van der Waals surface area contributed by atoms with Crippen molar-refractivity contribution in [3.63, 3.8) is 0 Å². The van der Waals surface area contributed by atoms with Crippen LogP contribution in [0.1, 0.15) is 5.56 Å². The summed E-state index contributed by atoms with van der Waals surface area (Å²) in [6.07, 6.45) is 6.09. The Morgan fingerprint density at radius 2 is 2.12 bits per heavy atom. The van der Waals surface area contributed by atoms with Gasteiger partial charge in [0.05, 0.1) is 24.5 Å². The van der Waals surface area contributed by atoms with Gasteiger partial charge in [-0.2, -0.15) is 0 Å². The quantitative estimate of drug-likeness (QED) is 0.609. The fourth-order valence-corrected chi connectivity index (χ4v) is 5.45. The second-order valence-electron chi connectivity index (χ2n) is 8.77. The molecule has 32 heavy (non-hydrogen) atoms. The van der Waals surface area contributed by atoms with Gasteiger partial charge in [-0.25, -0.2) is 4.39 Å². The number of aromatic nitrogens is 1. The predicted molar refractivity (Wildman–Crippen MR) is 117 cm³/mol. The topological polar surface area (TPSA) is 74.4 Å². The summed E-state index contributed by atoms with van der Waals surface area (Å²) in [7, 11) is 0. The lowest BCUT2D eigenvalue weighted by atomic mass is 9.77. The van der Waals surface area contributed by atoms with Crippen molar-refractivity contribution >= 4 is 28.4 Å². The summed E-state index contributed by atoms with van der Waals surface area (Å²) in [4.78, 5) is 31.5. The maximum absolute atomic E-state index is 13.5. The minimum absolute atomic E-state index is 0.0592. The number of likely N-dealkylation sites (tertiary alicyclic amines) is 1. The molecule has 0 aliphatic carbocycles. The lowest BCUT2D eigenvalue weighted by Gasteiger charge is -2.23. The molecule has 162 valence electrons. The number of anilines is 1. The smallest absolute Gasteiger partial charge is 0.231 e. The molecule has 3 aromatic rings. The second-order valence-corrected chi connectivity index (χ2v) is 8.77. The van der Waals surface area contributed by atoms with Gasteiger partial charge in [-0.15, -0.1) is 0 Å². The third kappa shape index (κ3) is 2.88. The first-order chi connectivity index (χ1) is 15.5. The van der Waals surface area contributed by atoms with Crippen molar-refractivity contribution in [3.05, 3.63) is 78.3 Å². The maximum atomic E-state index is 13.5. The zero-order valence-corrected chi connectivity index (χ0v) is 17.3. The Bertz CT molecular complexity index is 1270. The second kappa shape index (κ2) is 7.03. The van der Waals surface area contributed by atoms with Crippen LogP contribution in [0.5, 0.6) is 0 Å². The van der Waals surface area contributed by atoms with E-state index < -0.39 is 29.4 Å². The van der Waals surface area contributed by atoms with Crippen LogP contribution in [0.3, 0.4) is 0 Å². The number of aromatic amines is 1. The highest BCUT2D eigenvalue weighted by Gasteiger charge is 2.66. The Morgan fingerprint density at radius 3 is 3.00 bits per heavy atom. The Hall–Kier alpha value is -3.45. The largest absolute Gasteiger partial charge is 0.361 e. The van der Waals surface area contributed by atoms with Crippen LogP contribution in [0.2, 0.25) is 0 Å². The van der Waals surface area contributed by atoms with E-state index in [1.54, 1.807) is 11.0 Å². The van der Waals surface area contributed by atoms with Crippen molar-refractivity contribution in [1.29, 1.82) is 0 Å². The number of benzene rings is 2. The van der Waals surface area contributed by atoms with Crippen LogP contribution >= 0.6 is 0 Å². The first-order valence-corrected chi connectivity index (χ1v) is 10.8. The molecule has 2 saturated heterocycles. The Labute approximate surface area is 184 Å². The first kappa shape index (κ1) is 19.3. The van der Waals surface area contributed by atoms with Gasteiger partial charge in [-0.1, -0.05) is 36.4 Å². The lowest BCUT2D eigenvalue weighted by Crippen LogP contribution is -2.41. The number of carbonyl (C=O) groups excluding carboxylic acids is 2. The molecule has 2 aromatic carbocycles. The SMILES string of the molecule is O=C(Nc1cccc(F)c1)[C@@H]1[C@@H]2C=C[C@]3(CN(CCc4c[nH]c5ccccc45)C(=O)[C@@H]13)O2. The van der Waals surface area contributed by atoms with Crippen LogP contribution in [-0.4, -0.2) is 46.5 Å². The van der Waals surface area contributed by atoms with Gasteiger partial charge in [0.1, 0.15) is 11.4 Å². The standard InChI is InChI=1S/C25H22FN3O3/c26-16-4-3-5-17(12-16)28-23(30)21-20-8-10-25(32-20)14-29(24(31)22(21)25)11-9-15-13-27-19-7-2-1-6-18(15)19/h1-8,10,12-13,20-22,27H,9,11,14H2,(H,28,30)/t20-,21+,22+,25+/m0/s1. The van der Waals surface area contributed by atoms with Crippen molar-refractivity contribution in [2.24, 2.45) is 11.8 Å². The van der Waals surface area contributed by atoms with Gasteiger partial charge in [0.2, 0.25) is 11.8 Å². The zero-order chi connectivity index (χ0) is 21.9. The van der Waals surface area contributed by atoms with E-state index in [4.69, 9.17) is 4.74 Å². The van der Waals surface area contributed by atoms with E-state index in [1.807, 2.05) is 36.5 Å². The van der Waals surface area contributed by atoms with Gasteiger partial charge in [0.25, 0.3) is 0 Å². The average molecular weight is 431 g/mol. The van der Waals surface area contributed by atoms with Crippen molar-refractivity contribution in [1.82, 2.24) is 9.88 Å². The summed E-state index contributed by atoms with van der Waals surface area (Å²) in [5.74, 6) is -1.99. The fraction of sp³-hybridized carbons (Fsp3) is 0.280. The van der Waals surface area contributed by atoms with Crippen LogP contribution in [0.15, 0.2) is 66.9 Å². The Balaban J connectivity index is 1.20. The average Bonchev–Trinajstić information content (AvgIpc) is 3.52. The molecule has 3 aliphatic rings. The van der Waals surface area contributed by atoms with Gasteiger partial charge in [0.15, 0.2) is 0 Å². The maximum Gasteiger partial charge on any atom is 0.231 e. The summed E-state index contributed by atoms with van der Waals surface area (Å²) in [6, 6.07) is 13.8. The molecule has 6 nitrogen and oxygen atoms in total. The molecule has 1 spiro atoms. The van der Waals surface area contributed by atoms with Crippen LogP contribution in [0.4, 0.5) is 10.1 Å². The molecule has 0 saturated carbocycles. The van der Waals surface area contributed by atoms with Crippen LogP contribution in [0, 0.1) is 17.7 Å². The predicted octanol–water partition coefficient (Wildman–Crippen LogP) is 3.27. The highest BCUT2D eigenvalue weighted by Crippen LogP contribution is 2.52. The number of hydrogen-bond acceptors (Lipinski definition) is 3. The van der Waals surface area contributed by atoms with Crippen LogP contribution in [0.25, 0.3) is 10.9 Å². The molecule has 4 atom stereocenters. The van der Waals surface area contributed by atoms with Gasteiger partial charge < -0.3 is 19.9 Å². The molecule has 6 rings (SSSR count). The number of nitrogens with one attached hydrogen (secondary N) is 2. The molecule has 7 heteroatoms. The molecular weight excluding hydrogens is 409 g/mol. The Kier molecular flexibility index (Phi) is 4.23. The number of hydrogen-bond donors (Lipinski definition) is 2. The summed E-state index contributed by atoms with van der Waals surface area (Å²) in [5.41, 5.74) is 1.84. The molecule has 4 heterocycles. The highest BCUT2D eigenvalue weighted by molar-refractivity contribution is 5.99. The number of amides is 2. The fourth-order valence-electron chi connectivity index (χ4n) is 5.45. The molecule has 0 radical (unpaired) electrons. The molecule has 2 amide bonds. The third-order valence-corrected chi connectivity index (χ3v) is 6.90. The number of rotatable bonds is 5. The van der Waals surface area contributed by atoms with Crippen molar-refractivity contribution < 1.29 is 18.7 Å². The molecule has 2 N–H and O–H groups in total. The number of nitrogens with zero attached hydrogens (tertiary/aromatic N) is 1. The van der Waals surface area contributed by atoms with Crippen LogP contribution < -0.4 is 5.32 Å². The van der Waals surface area contributed by atoms with Crippen LogP contribution in [-0.2, 0) is 20.7 Å². The summed E-state index contributed by atoms with van der Waals surface area (Å²) in [5, 5.41) is 3.92. The molecule has 2 bridgehead atoms. The summed E-state index contributed by atoms with van der Waals surface area (Å²) in [6.45, 7) is 0.995. The minimum Gasteiger partial charge on any atom is -0.361 e. The normalized spacial score (nSPS) is 28.0. The number of para-hydroxylation sites is 1. The van der Waals surface area contributed by atoms with Crippen molar-refractivity contribution in [2.45, 2.75) is 18.1 Å². The zero-order valence-electron chi connectivity index (χ0n) is 17.3. The van der Waals surface area contributed by atoms with E-state index in [0.717, 1.165) is 16.5 Å². The molecular formula is C25H22FN3O3. The number of H-pyrrole nitrogens is 1. The third-order valence-electron chi connectivity index (χ3n) is 6.90. The highest BCUT2D eigenvalue weighted by atomic mass is 19.1. The van der Waals surface area contributed by atoms with Gasteiger partial charge >= 0.3 is 0 Å². The van der Waals surface area contributed by atoms with Gasteiger partial charge in [0, 0.05) is 29.3 Å². The molecule has 2 fully saturated rings. The number of halogens is 1. The minimum atomic E-state index is -0.758. The van der Waals surface area contributed by atoms with Crippen molar-refractivity contribution in [3.8, 4) is 0 Å². The van der Waals surface area contributed by atoms with E-state index >= 15 is 0 Å². The van der Waals surface area contributed by atoms with E-state index in [0.29, 0.717) is 25.2 Å². The first-order valence-electron chi connectivity index (χ1n) is 10.8. The van der Waals surface area contributed by atoms with E-state index in [1.165, 1.54) is 18.2 Å². The lowest BCUT2D eigenvalue weighted by molar-refractivity contribution is -0.135. The number of fused-ring (bicyclic) bond motifs is 2. The van der Waals surface area contributed by atoms with E-state index in [9.17, 15) is 14.0 Å². The van der Waals surface area contributed by atoms with Crippen molar-refractivity contribution in [2.75, 3.05) is 18.4 Å². The molecule has 1 aromatic heterocycles. The molecule has 3 aliphatic heterocycles. The van der Waals surface area contributed by atoms with E-state index in [2.05, 4.69) is 16.4 Å². The van der Waals surface area contributed by atoms with Gasteiger partial charge in [-0.3, -0.25) is 9.59 Å². The van der Waals surface area contributed by atoms with E-state index in [-0.39, 0.29) is 11.8 Å². The number of carbonyl (C=O) groups is 2. The Morgan fingerprint density at radius 1 is 1.25 bits per heavy atom. The van der Waals surface area contributed by atoms with Gasteiger partial charge in [-0.05, 0) is 36.2 Å².